The first-order valence-corrected chi connectivity index (χ1v) is 6.97. The summed E-state index contributed by atoms with van der Waals surface area (Å²) in [7, 11) is 0. The maximum atomic E-state index is 6.07. The fourth-order valence-electron chi connectivity index (χ4n) is 1.41. The van der Waals surface area contributed by atoms with Crippen LogP contribution >= 0.6 is 50.7 Å². The van der Waals surface area contributed by atoms with Gasteiger partial charge >= 0.3 is 0 Å². The molecule has 0 radical (unpaired) electrons. The minimum atomic E-state index is 0.441. The van der Waals surface area contributed by atoms with Gasteiger partial charge in [-0.3, -0.25) is 4.98 Å². The Balaban J connectivity index is 2.13. The normalized spacial score (nSPS) is 10.4. The Labute approximate surface area is 128 Å². The van der Waals surface area contributed by atoms with Crippen molar-refractivity contribution in [1.82, 2.24) is 4.98 Å². The minimum absolute atomic E-state index is 0.441. The van der Waals surface area contributed by atoms with Crippen molar-refractivity contribution in [3.8, 4) is 0 Å². The zero-order chi connectivity index (χ0) is 13.1. The van der Waals surface area contributed by atoms with Crippen molar-refractivity contribution in [2.24, 2.45) is 0 Å². The third-order valence-corrected chi connectivity index (χ3v) is 3.72. The van der Waals surface area contributed by atoms with E-state index in [-0.39, 0.29) is 0 Å². The molecule has 18 heavy (non-hydrogen) atoms. The highest BCUT2D eigenvalue weighted by Crippen LogP contribution is 2.32. The molecule has 1 aromatic carbocycles. The summed E-state index contributed by atoms with van der Waals surface area (Å²) >= 11 is 21.2. The summed E-state index contributed by atoms with van der Waals surface area (Å²) < 4.78 is 0.932. The van der Waals surface area contributed by atoms with Gasteiger partial charge in [-0.15, -0.1) is 0 Å². The summed E-state index contributed by atoms with van der Waals surface area (Å²) in [5.74, 6) is 0. The van der Waals surface area contributed by atoms with E-state index in [9.17, 15) is 0 Å². The van der Waals surface area contributed by atoms with Crippen molar-refractivity contribution in [3.63, 3.8) is 0 Å². The Bertz CT molecular complexity index is 575. The molecule has 0 aliphatic carbocycles. The highest BCUT2D eigenvalue weighted by atomic mass is 79.9. The SMILES string of the molecule is Clc1cc(Cl)c(NCc2cncc(Br)c2)cc1Cl. The fourth-order valence-corrected chi connectivity index (χ4v) is 2.43. The van der Waals surface area contributed by atoms with E-state index in [4.69, 9.17) is 34.8 Å². The second kappa shape index (κ2) is 6.11. The van der Waals surface area contributed by atoms with Crippen LogP contribution in [0.15, 0.2) is 35.1 Å². The molecule has 1 heterocycles. The van der Waals surface area contributed by atoms with Gasteiger partial charge in [0.25, 0.3) is 0 Å². The van der Waals surface area contributed by atoms with Crippen molar-refractivity contribution < 1.29 is 0 Å². The van der Waals surface area contributed by atoms with Gasteiger partial charge in [0.2, 0.25) is 0 Å². The molecule has 6 heteroatoms. The summed E-state index contributed by atoms with van der Waals surface area (Å²) in [6, 6.07) is 5.30. The maximum Gasteiger partial charge on any atom is 0.0653 e. The number of halogens is 4. The molecule has 94 valence electrons. The number of rotatable bonds is 3. The second-order valence-electron chi connectivity index (χ2n) is 3.61. The van der Waals surface area contributed by atoms with Gasteiger partial charge in [-0.1, -0.05) is 34.8 Å². The van der Waals surface area contributed by atoms with Crippen LogP contribution in [0.25, 0.3) is 0 Å². The first kappa shape index (κ1) is 13.9. The third kappa shape index (κ3) is 3.51. The zero-order valence-corrected chi connectivity index (χ0v) is 12.9. The maximum absolute atomic E-state index is 6.07. The second-order valence-corrected chi connectivity index (χ2v) is 5.75. The molecule has 0 amide bonds. The highest BCUT2D eigenvalue weighted by molar-refractivity contribution is 9.10. The molecular formula is C12H8BrCl3N2. The molecule has 1 aromatic heterocycles. The molecule has 0 aliphatic rings. The number of benzene rings is 1. The van der Waals surface area contributed by atoms with Gasteiger partial charge < -0.3 is 5.32 Å². The molecule has 0 fully saturated rings. The lowest BCUT2D eigenvalue weighted by molar-refractivity contribution is 1.11. The van der Waals surface area contributed by atoms with E-state index in [1.165, 1.54) is 0 Å². The van der Waals surface area contributed by atoms with Crippen molar-refractivity contribution in [1.29, 1.82) is 0 Å². The molecule has 0 bridgehead atoms. The Morgan fingerprint density at radius 2 is 1.72 bits per heavy atom. The van der Waals surface area contributed by atoms with E-state index >= 15 is 0 Å². The van der Waals surface area contributed by atoms with Crippen LogP contribution in [0.1, 0.15) is 5.56 Å². The predicted molar refractivity (Wildman–Crippen MR) is 80.7 cm³/mol. The zero-order valence-electron chi connectivity index (χ0n) is 9.05. The van der Waals surface area contributed by atoms with E-state index in [2.05, 4.69) is 26.2 Å². The number of hydrogen-bond donors (Lipinski definition) is 1. The van der Waals surface area contributed by atoms with Gasteiger partial charge in [0.1, 0.15) is 0 Å². The van der Waals surface area contributed by atoms with E-state index in [1.54, 1.807) is 24.5 Å². The molecule has 0 atom stereocenters. The Hall–Kier alpha value is -0.480. The third-order valence-electron chi connectivity index (χ3n) is 2.25. The fraction of sp³-hybridized carbons (Fsp3) is 0.0833. The number of nitrogens with zero attached hydrogens (tertiary/aromatic N) is 1. The summed E-state index contributed by atoms with van der Waals surface area (Å²) in [5, 5.41) is 4.63. The molecule has 0 unspecified atom stereocenters. The van der Waals surface area contributed by atoms with E-state index in [0.717, 1.165) is 15.7 Å². The van der Waals surface area contributed by atoms with E-state index in [0.29, 0.717) is 21.6 Å². The van der Waals surface area contributed by atoms with Crippen molar-refractivity contribution in [2.75, 3.05) is 5.32 Å². The molecule has 0 aliphatic heterocycles. The molecule has 0 spiro atoms. The van der Waals surface area contributed by atoms with Crippen LogP contribution in [0, 0.1) is 0 Å². The number of anilines is 1. The van der Waals surface area contributed by atoms with Crippen LogP contribution in [0.3, 0.4) is 0 Å². The van der Waals surface area contributed by atoms with E-state index in [1.807, 2.05) is 6.07 Å². The Kier molecular flexibility index (Phi) is 4.73. The largest absolute Gasteiger partial charge is 0.380 e. The van der Waals surface area contributed by atoms with Crippen LogP contribution < -0.4 is 5.32 Å². The Morgan fingerprint density at radius 3 is 2.44 bits per heavy atom. The predicted octanol–water partition coefficient (Wildman–Crippen LogP) is 5.42. The molecule has 2 aromatic rings. The van der Waals surface area contributed by atoms with E-state index < -0.39 is 0 Å². The smallest absolute Gasteiger partial charge is 0.0653 e. The Morgan fingerprint density at radius 1 is 1.00 bits per heavy atom. The molecule has 2 rings (SSSR count). The van der Waals surface area contributed by atoms with Crippen LogP contribution in [0.2, 0.25) is 15.1 Å². The highest BCUT2D eigenvalue weighted by Gasteiger charge is 2.05. The first-order chi connectivity index (χ1) is 8.56. The van der Waals surface area contributed by atoms with Gasteiger partial charge in [-0.25, -0.2) is 0 Å². The summed E-state index contributed by atoms with van der Waals surface area (Å²) in [6.07, 6.45) is 3.51. The topological polar surface area (TPSA) is 24.9 Å². The number of hydrogen-bond acceptors (Lipinski definition) is 2. The van der Waals surface area contributed by atoms with Gasteiger partial charge in [0.15, 0.2) is 0 Å². The molecule has 0 saturated heterocycles. The first-order valence-electron chi connectivity index (χ1n) is 5.04. The summed E-state index contributed by atoms with van der Waals surface area (Å²) in [4.78, 5) is 4.08. The van der Waals surface area contributed by atoms with Gasteiger partial charge in [0, 0.05) is 23.4 Å². The van der Waals surface area contributed by atoms with Crippen LogP contribution in [-0.2, 0) is 6.54 Å². The average molecular weight is 366 g/mol. The average Bonchev–Trinajstić information content (AvgIpc) is 2.32. The molecule has 2 nitrogen and oxygen atoms in total. The standard InChI is InChI=1S/C12H8BrCl3N2/c13-8-1-7(4-17-6-8)5-18-12-3-10(15)9(14)2-11(12)16/h1-4,6,18H,5H2. The van der Waals surface area contributed by atoms with Gasteiger partial charge in [-0.2, -0.15) is 0 Å². The van der Waals surface area contributed by atoms with Crippen LogP contribution in [0.4, 0.5) is 5.69 Å². The molecular weight excluding hydrogens is 358 g/mol. The van der Waals surface area contributed by atoms with Crippen LogP contribution in [-0.4, -0.2) is 4.98 Å². The molecule has 1 N–H and O–H groups in total. The lowest BCUT2D eigenvalue weighted by atomic mass is 10.2. The van der Waals surface area contributed by atoms with Crippen molar-refractivity contribution in [3.05, 3.63) is 55.7 Å². The lowest BCUT2D eigenvalue weighted by Crippen LogP contribution is -2.00. The lowest BCUT2D eigenvalue weighted by Gasteiger charge is -2.09. The molecule has 0 saturated carbocycles. The van der Waals surface area contributed by atoms with Crippen LogP contribution in [0.5, 0.6) is 0 Å². The summed E-state index contributed by atoms with van der Waals surface area (Å²) in [5.41, 5.74) is 1.78. The number of nitrogens with one attached hydrogen (secondary N) is 1. The quantitative estimate of drug-likeness (QED) is 0.734. The summed E-state index contributed by atoms with van der Waals surface area (Å²) in [6.45, 7) is 0.601. The van der Waals surface area contributed by atoms with Crippen molar-refractivity contribution in [2.45, 2.75) is 6.54 Å². The number of pyridine rings is 1. The van der Waals surface area contributed by atoms with Gasteiger partial charge in [0.05, 0.1) is 20.8 Å². The van der Waals surface area contributed by atoms with Crippen molar-refractivity contribution >= 4 is 56.4 Å². The monoisotopic (exact) mass is 364 g/mol. The number of aromatic nitrogens is 1. The van der Waals surface area contributed by atoms with Gasteiger partial charge in [-0.05, 0) is 39.7 Å². The minimum Gasteiger partial charge on any atom is -0.380 e.